The molecule has 0 spiro atoms. The molecule has 3 aromatic rings. The molecule has 0 bridgehead atoms. The monoisotopic (exact) mass is 542 g/mol. The normalized spacial score (nSPS) is 17.1. The first-order valence-electron chi connectivity index (χ1n) is 13.1. The Bertz CT molecular complexity index is 1410. The lowest BCUT2D eigenvalue weighted by Gasteiger charge is -2.27. The number of anilines is 3. The van der Waals surface area contributed by atoms with Gasteiger partial charge in [0.1, 0.15) is 0 Å². The molecule has 0 aliphatic carbocycles. The van der Waals surface area contributed by atoms with Crippen molar-refractivity contribution in [2.45, 2.75) is 25.5 Å². The van der Waals surface area contributed by atoms with Crippen LogP contribution in [-0.4, -0.2) is 53.0 Å². The highest BCUT2D eigenvalue weighted by Crippen LogP contribution is 2.45. The fourth-order valence-corrected chi connectivity index (χ4v) is 4.83. The lowest BCUT2D eigenvalue weighted by molar-refractivity contribution is -0.139. The Labute approximate surface area is 233 Å². The molecule has 0 saturated heterocycles. The van der Waals surface area contributed by atoms with Gasteiger partial charge in [0.05, 0.1) is 12.3 Å². The maximum absolute atomic E-state index is 13.2. The Morgan fingerprint density at radius 1 is 1.10 bits per heavy atom. The number of likely N-dealkylation sites (N-methyl/N-ethyl adjacent to an activating group) is 1. The Morgan fingerprint density at radius 3 is 2.48 bits per heavy atom. The second kappa shape index (κ2) is 12.1. The van der Waals surface area contributed by atoms with Gasteiger partial charge in [-0.2, -0.15) is 0 Å². The summed E-state index contributed by atoms with van der Waals surface area (Å²) in [6.07, 6.45) is 3.33. The van der Waals surface area contributed by atoms with Crippen LogP contribution in [0.2, 0.25) is 0 Å². The Hall–Kier alpha value is -4.47. The van der Waals surface area contributed by atoms with Crippen LogP contribution in [0.3, 0.4) is 0 Å². The van der Waals surface area contributed by atoms with Crippen LogP contribution < -0.4 is 16.0 Å². The van der Waals surface area contributed by atoms with E-state index in [1.165, 1.54) is 4.90 Å². The van der Waals surface area contributed by atoms with Crippen molar-refractivity contribution in [3.8, 4) is 0 Å². The smallest absolute Gasteiger partial charge is 0.264 e. The number of amides is 3. The van der Waals surface area contributed by atoms with Gasteiger partial charge < -0.3 is 31.1 Å². The van der Waals surface area contributed by atoms with Crippen molar-refractivity contribution in [1.29, 1.82) is 0 Å². The molecular weight excluding hydrogens is 508 g/mol. The van der Waals surface area contributed by atoms with Crippen molar-refractivity contribution in [3.05, 3.63) is 102 Å². The van der Waals surface area contributed by atoms with Gasteiger partial charge in [-0.1, -0.05) is 49.4 Å². The van der Waals surface area contributed by atoms with Crippen molar-refractivity contribution in [3.63, 3.8) is 0 Å². The molecular formula is C31H34N4O5. The van der Waals surface area contributed by atoms with Gasteiger partial charge >= 0.3 is 0 Å². The van der Waals surface area contributed by atoms with Gasteiger partial charge in [-0.15, -0.1) is 0 Å². The molecule has 40 heavy (non-hydrogen) atoms. The minimum absolute atomic E-state index is 0.0435. The quantitative estimate of drug-likeness (QED) is 0.229. The maximum Gasteiger partial charge on any atom is 0.264 e. The van der Waals surface area contributed by atoms with E-state index in [1.54, 1.807) is 73.5 Å². The number of nitrogens with one attached hydrogen (secondary N) is 1. The number of rotatable bonds is 10. The van der Waals surface area contributed by atoms with Crippen LogP contribution in [0.5, 0.6) is 0 Å². The molecule has 3 aromatic carbocycles. The van der Waals surface area contributed by atoms with Crippen molar-refractivity contribution in [2.75, 3.05) is 36.1 Å². The third-order valence-corrected chi connectivity index (χ3v) is 7.15. The number of fused-ring (bicyclic) bond motifs is 1. The zero-order chi connectivity index (χ0) is 28.9. The van der Waals surface area contributed by atoms with E-state index in [0.29, 0.717) is 34.7 Å². The number of nitrogens with two attached hydrogens (primary N) is 1. The summed E-state index contributed by atoms with van der Waals surface area (Å²) in [6.45, 7) is 2.11. The highest BCUT2D eigenvalue weighted by atomic mass is 16.3. The first-order chi connectivity index (χ1) is 19.1. The van der Waals surface area contributed by atoms with Gasteiger partial charge in [0.25, 0.3) is 11.8 Å². The molecule has 0 radical (unpaired) electrons. The number of nitrogen functional groups attached to an aromatic ring is 1. The molecule has 1 heterocycles. The summed E-state index contributed by atoms with van der Waals surface area (Å²) < 4.78 is 0. The van der Waals surface area contributed by atoms with Crippen LogP contribution in [0, 0.1) is 5.92 Å². The zero-order valence-electron chi connectivity index (χ0n) is 22.6. The second-order valence-electron chi connectivity index (χ2n) is 9.88. The highest BCUT2D eigenvalue weighted by molar-refractivity contribution is 6.08. The standard InChI is InChI=1S/C31H34N4O5/c1-21(7-6-10-28(37)35(17-18-36)20-22-8-4-3-5-9-22)31(40)26-19-25(15-16-27(26)34(2)30(31)39)33-29(38)23-11-13-24(32)14-12-23/h3-9,11-16,19,21,36,40H,10,17-18,20,32H2,1-2H3,(H,33,38)/b7-6+/t21-,31+/m0/s1. The van der Waals surface area contributed by atoms with Crippen LogP contribution in [0.1, 0.15) is 34.8 Å². The van der Waals surface area contributed by atoms with Crippen molar-refractivity contribution < 1.29 is 24.6 Å². The number of carbonyl (C=O) groups is 3. The molecule has 2 atom stereocenters. The third-order valence-electron chi connectivity index (χ3n) is 7.15. The molecule has 5 N–H and O–H groups in total. The van der Waals surface area contributed by atoms with Crippen molar-refractivity contribution in [2.24, 2.45) is 5.92 Å². The third kappa shape index (κ3) is 5.90. The lowest BCUT2D eigenvalue weighted by Crippen LogP contribution is -2.43. The molecule has 1 aliphatic rings. The molecule has 0 aromatic heterocycles. The predicted molar refractivity (Wildman–Crippen MR) is 154 cm³/mol. The largest absolute Gasteiger partial charge is 0.399 e. The number of hydrogen-bond donors (Lipinski definition) is 4. The first-order valence-corrected chi connectivity index (χ1v) is 13.1. The van der Waals surface area contributed by atoms with E-state index in [2.05, 4.69) is 5.32 Å². The molecule has 9 nitrogen and oxygen atoms in total. The van der Waals surface area contributed by atoms with E-state index >= 15 is 0 Å². The van der Waals surface area contributed by atoms with Crippen LogP contribution >= 0.6 is 0 Å². The molecule has 0 fully saturated rings. The zero-order valence-corrected chi connectivity index (χ0v) is 22.6. The minimum Gasteiger partial charge on any atom is -0.399 e. The van der Waals surface area contributed by atoms with E-state index in [4.69, 9.17) is 5.73 Å². The van der Waals surface area contributed by atoms with Crippen LogP contribution in [-0.2, 0) is 21.7 Å². The van der Waals surface area contributed by atoms with Crippen LogP contribution in [0.25, 0.3) is 0 Å². The van der Waals surface area contributed by atoms with Gasteiger partial charge in [0, 0.05) is 55.0 Å². The topological polar surface area (TPSA) is 136 Å². The number of hydrogen-bond acceptors (Lipinski definition) is 6. The van der Waals surface area contributed by atoms with Gasteiger partial charge in [0.2, 0.25) is 5.91 Å². The van der Waals surface area contributed by atoms with E-state index in [-0.39, 0.29) is 31.4 Å². The van der Waals surface area contributed by atoms with Crippen molar-refractivity contribution >= 4 is 34.8 Å². The van der Waals surface area contributed by atoms with E-state index < -0.39 is 17.4 Å². The minimum atomic E-state index is -1.89. The van der Waals surface area contributed by atoms with E-state index in [0.717, 1.165) is 5.56 Å². The summed E-state index contributed by atoms with van der Waals surface area (Å²) in [6, 6.07) is 20.9. The summed E-state index contributed by atoms with van der Waals surface area (Å²) >= 11 is 0. The van der Waals surface area contributed by atoms with E-state index in [1.807, 2.05) is 30.3 Å². The maximum atomic E-state index is 13.2. The summed E-state index contributed by atoms with van der Waals surface area (Å²) in [5.41, 5.74) is 7.05. The second-order valence-corrected chi connectivity index (χ2v) is 9.88. The number of aliphatic hydroxyl groups is 2. The number of benzene rings is 3. The van der Waals surface area contributed by atoms with Gasteiger partial charge in [-0.25, -0.2) is 0 Å². The van der Waals surface area contributed by atoms with E-state index in [9.17, 15) is 24.6 Å². The summed E-state index contributed by atoms with van der Waals surface area (Å²) in [4.78, 5) is 41.8. The average molecular weight is 543 g/mol. The lowest BCUT2D eigenvalue weighted by atomic mass is 9.82. The fraction of sp³-hybridized carbons (Fsp3) is 0.258. The summed E-state index contributed by atoms with van der Waals surface area (Å²) in [5.74, 6) is -1.72. The Kier molecular flexibility index (Phi) is 8.67. The van der Waals surface area contributed by atoms with Gasteiger partial charge in [-0.05, 0) is 48.0 Å². The molecule has 3 amide bonds. The predicted octanol–water partition coefficient (Wildman–Crippen LogP) is 3.29. The molecule has 0 saturated carbocycles. The average Bonchev–Trinajstić information content (AvgIpc) is 3.15. The summed E-state index contributed by atoms with van der Waals surface area (Å²) in [5, 5.41) is 24.0. The SMILES string of the molecule is C[C@@H](/C=C/CC(=O)N(CCO)Cc1ccccc1)[C@]1(O)C(=O)N(C)c2ccc(NC(=O)c3ccc(N)cc3)cc21. The van der Waals surface area contributed by atoms with Crippen molar-refractivity contribution in [1.82, 2.24) is 4.90 Å². The molecule has 4 rings (SSSR count). The molecule has 0 unspecified atom stereocenters. The summed E-state index contributed by atoms with van der Waals surface area (Å²) in [7, 11) is 1.59. The number of carbonyl (C=O) groups excluding carboxylic acids is 3. The van der Waals surface area contributed by atoms with Gasteiger partial charge in [-0.3, -0.25) is 14.4 Å². The number of aliphatic hydroxyl groups excluding tert-OH is 1. The number of nitrogens with zero attached hydrogens (tertiary/aromatic N) is 2. The first kappa shape index (κ1) is 28.5. The molecule has 1 aliphatic heterocycles. The fourth-order valence-electron chi connectivity index (χ4n) is 4.83. The highest BCUT2D eigenvalue weighted by Gasteiger charge is 2.51. The molecule has 9 heteroatoms. The Morgan fingerprint density at radius 2 is 1.80 bits per heavy atom. The van der Waals surface area contributed by atoms with Crippen LogP contribution in [0.15, 0.2) is 84.9 Å². The molecule has 208 valence electrons. The van der Waals surface area contributed by atoms with Crippen LogP contribution in [0.4, 0.5) is 17.1 Å². The Balaban J connectivity index is 1.49. The van der Waals surface area contributed by atoms with Gasteiger partial charge in [0.15, 0.2) is 5.60 Å².